The Balaban J connectivity index is 1.62. The molecule has 3 aromatic rings. The third-order valence-electron chi connectivity index (χ3n) is 4.60. The normalized spacial score (nSPS) is 11.8. The summed E-state index contributed by atoms with van der Waals surface area (Å²) in [4.78, 5) is 35.8. The number of nitrogens with zero attached hydrogens (tertiary/aromatic N) is 3. The Bertz CT molecular complexity index is 1090. The van der Waals surface area contributed by atoms with E-state index in [1.807, 2.05) is 6.07 Å². The van der Waals surface area contributed by atoms with E-state index >= 15 is 0 Å². The molecule has 1 amide bonds. The number of carbonyl (C=O) groups excluding carboxylic acids is 1. The van der Waals surface area contributed by atoms with Crippen LogP contribution in [0.15, 0.2) is 36.5 Å². The molecule has 31 heavy (non-hydrogen) atoms. The van der Waals surface area contributed by atoms with Crippen LogP contribution in [0.4, 0.5) is 17.5 Å². The number of carboxylic acid groups (broad SMARTS) is 1. The van der Waals surface area contributed by atoms with Gasteiger partial charge in [-0.2, -0.15) is 9.97 Å². The van der Waals surface area contributed by atoms with Gasteiger partial charge in [0.2, 0.25) is 5.95 Å². The average molecular weight is 424 g/mol. The number of anilines is 3. The van der Waals surface area contributed by atoms with Crippen molar-refractivity contribution in [3.63, 3.8) is 0 Å². The summed E-state index contributed by atoms with van der Waals surface area (Å²) in [6.45, 7) is 0.818. The molecule has 11 heteroatoms. The topological polar surface area (TPSA) is 195 Å². The number of hydrogen-bond donors (Lipinski definition) is 6. The number of aromatic nitrogens is 3. The van der Waals surface area contributed by atoms with Gasteiger partial charge in [0.15, 0.2) is 5.65 Å². The highest BCUT2D eigenvalue weighted by Gasteiger charge is 2.20. The third-order valence-corrected chi connectivity index (χ3v) is 4.60. The van der Waals surface area contributed by atoms with E-state index in [1.165, 1.54) is 0 Å². The fraction of sp³-hybridized carbons (Fsp3) is 0.250. The minimum absolute atomic E-state index is 0.0709. The molecular formula is C20H24N8O3. The van der Waals surface area contributed by atoms with E-state index in [0.29, 0.717) is 36.1 Å². The van der Waals surface area contributed by atoms with Crippen LogP contribution in [0.5, 0.6) is 0 Å². The molecule has 0 bridgehead atoms. The Morgan fingerprint density at radius 1 is 1.13 bits per heavy atom. The Morgan fingerprint density at radius 3 is 2.55 bits per heavy atom. The zero-order valence-corrected chi connectivity index (χ0v) is 16.7. The Hall–Kier alpha value is -3.99. The zero-order valence-electron chi connectivity index (χ0n) is 16.7. The first-order valence-electron chi connectivity index (χ1n) is 9.62. The maximum Gasteiger partial charge on any atom is 0.326 e. The van der Waals surface area contributed by atoms with Crippen molar-refractivity contribution in [3.05, 3.63) is 47.7 Å². The number of fused-ring (bicyclic) bond motifs is 1. The lowest BCUT2D eigenvalue weighted by Crippen LogP contribution is -2.41. The van der Waals surface area contributed by atoms with Crippen molar-refractivity contribution in [2.45, 2.75) is 25.4 Å². The number of nitrogens with one attached hydrogen (secondary N) is 2. The number of pyridine rings is 1. The van der Waals surface area contributed by atoms with Crippen molar-refractivity contribution in [3.8, 4) is 0 Å². The minimum Gasteiger partial charge on any atom is -0.480 e. The van der Waals surface area contributed by atoms with E-state index in [9.17, 15) is 14.7 Å². The highest BCUT2D eigenvalue weighted by atomic mass is 16.4. The van der Waals surface area contributed by atoms with Crippen molar-refractivity contribution < 1.29 is 14.7 Å². The molecule has 0 spiro atoms. The Kier molecular flexibility index (Phi) is 6.78. The van der Waals surface area contributed by atoms with Crippen molar-refractivity contribution in [2.24, 2.45) is 5.73 Å². The Morgan fingerprint density at radius 2 is 1.87 bits per heavy atom. The maximum atomic E-state index is 12.3. The average Bonchev–Trinajstić information content (AvgIpc) is 2.75. The summed E-state index contributed by atoms with van der Waals surface area (Å²) in [5, 5.41) is 15.6. The number of carbonyl (C=O) groups is 2. The highest BCUT2D eigenvalue weighted by Crippen LogP contribution is 2.19. The van der Waals surface area contributed by atoms with Gasteiger partial charge in [0.05, 0.1) is 5.39 Å². The summed E-state index contributed by atoms with van der Waals surface area (Å²) in [7, 11) is 0. The summed E-state index contributed by atoms with van der Waals surface area (Å²) in [5.74, 6) is -1.21. The molecule has 0 unspecified atom stereocenters. The first-order valence-corrected chi connectivity index (χ1v) is 9.62. The second-order valence-electron chi connectivity index (χ2n) is 6.91. The van der Waals surface area contributed by atoms with Crippen molar-refractivity contribution in [1.29, 1.82) is 0 Å². The van der Waals surface area contributed by atoms with Crippen LogP contribution in [0.1, 0.15) is 28.8 Å². The van der Waals surface area contributed by atoms with E-state index in [4.69, 9.17) is 17.2 Å². The number of nitrogens with two attached hydrogens (primary N) is 3. The van der Waals surface area contributed by atoms with Crippen LogP contribution >= 0.6 is 0 Å². The van der Waals surface area contributed by atoms with E-state index in [1.54, 1.807) is 30.5 Å². The fourth-order valence-corrected chi connectivity index (χ4v) is 2.96. The molecule has 2 aromatic heterocycles. The number of rotatable bonds is 9. The summed E-state index contributed by atoms with van der Waals surface area (Å²) in [6, 6.07) is 7.56. The predicted molar refractivity (Wildman–Crippen MR) is 117 cm³/mol. The molecule has 0 aliphatic heterocycles. The fourth-order valence-electron chi connectivity index (χ4n) is 2.96. The number of nitrogen functional groups attached to an aromatic ring is 2. The SMILES string of the molecule is NCCC[C@H](NC(=O)c1ccc(NCc2cnc3nc(N)nc(N)c3c2)cc1)C(=O)O. The summed E-state index contributed by atoms with van der Waals surface area (Å²) >= 11 is 0. The second-order valence-corrected chi connectivity index (χ2v) is 6.91. The van der Waals surface area contributed by atoms with E-state index in [0.717, 1.165) is 11.3 Å². The predicted octanol–water partition coefficient (Wildman–Crippen LogP) is 0.723. The molecule has 3 rings (SSSR count). The molecule has 0 saturated heterocycles. The molecule has 1 aromatic carbocycles. The van der Waals surface area contributed by atoms with Gasteiger partial charge < -0.3 is 32.9 Å². The summed E-state index contributed by atoms with van der Waals surface area (Å²) in [5.41, 5.74) is 19.3. The van der Waals surface area contributed by atoms with Gasteiger partial charge in [-0.3, -0.25) is 4.79 Å². The summed E-state index contributed by atoms with van der Waals surface area (Å²) in [6.07, 6.45) is 2.45. The first kappa shape index (κ1) is 21.7. The van der Waals surface area contributed by atoms with Crippen LogP contribution in [-0.4, -0.2) is 44.5 Å². The molecule has 1 atom stereocenters. The lowest BCUT2D eigenvalue weighted by molar-refractivity contribution is -0.139. The van der Waals surface area contributed by atoms with Crippen LogP contribution in [0, 0.1) is 0 Å². The van der Waals surface area contributed by atoms with Crippen LogP contribution in [0.3, 0.4) is 0 Å². The smallest absolute Gasteiger partial charge is 0.326 e. The molecule has 162 valence electrons. The minimum atomic E-state index is -1.09. The van der Waals surface area contributed by atoms with Crippen LogP contribution < -0.4 is 27.8 Å². The quantitative estimate of drug-likeness (QED) is 0.285. The van der Waals surface area contributed by atoms with Gasteiger partial charge in [-0.25, -0.2) is 9.78 Å². The molecule has 0 radical (unpaired) electrons. The van der Waals surface area contributed by atoms with Gasteiger partial charge in [-0.05, 0) is 55.3 Å². The molecule has 9 N–H and O–H groups in total. The zero-order chi connectivity index (χ0) is 22.4. The number of benzene rings is 1. The third kappa shape index (κ3) is 5.54. The molecule has 0 aliphatic rings. The lowest BCUT2D eigenvalue weighted by Gasteiger charge is -2.14. The van der Waals surface area contributed by atoms with Crippen LogP contribution in [0.2, 0.25) is 0 Å². The number of amides is 1. The van der Waals surface area contributed by atoms with Gasteiger partial charge in [-0.1, -0.05) is 0 Å². The molecule has 0 fully saturated rings. The van der Waals surface area contributed by atoms with E-state index in [-0.39, 0.29) is 18.2 Å². The number of aliphatic carboxylic acids is 1. The van der Waals surface area contributed by atoms with Gasteiger partial charge in [0, 0.05) is 24.0 Å². The second kappa shape index (κ2) is 9.67. The van der Waals surface area contributed by atoms with Gasteiger partial charge in [-0.15, -0.1) is 0 Å². The molecule has 2 heterocycles. The van der Waals surface area contributed by atoms with Crippen molar-refractivity contribution in [2.75, 3.05) is 23.3 Å². The number of hydrogen-bond acceptors (Lipinski definition) is 9. The van der Waals surface area contributed by atoms with E-state index in [2.05, 4.69) is 25.6 Å². The molecule has 0 saturated carbocycles. The standard InChI is InChI=1S/C20H24N8O3/c21-7-1-2-15(19(30)31)26-18(29)12-3-5-13(6-4-12)24-9-11-8-14-16(22)27-20(23)28-17(14)25-10-11/h3-6,8,10,15,24H,1-2,7,9,21H2,(H,26,29)(H,30,31)(H4,22,23,25,27,28)/t15-/m0/s1. The molecule has 0 aliphatic carbocycles. The van der Waals surface area contributed by atoms with Crippen molar-refractivity contribution in [1.82, 2.24) is 20.3 Å². The van der Waals surface area contributed by atoms with Crippen molar-refractivity contribution >= 4 is 40.4 Å². The molecule has 11 nitrogen and oxygen atoms in total. The van der Waals surface area contributed by atoms with Gasteiger partial charge >= 0.3 is 5.97 Å². The largest absolute Gasteiger partial charge is 0.480 e. The first-order chi connectivity index (χ1) is 14.9. The van der Waals surface area contributed by atoms with Gasteiger partial charge in [0.1, 0.15) is 11.9 Å². The highest BCUT2D eigenvalue weighted by molar-refractivity contribution is 5.96. The van der Waals surface area contributed by atoms with Crippen LogP contribution in [0.25, 0.3) is 11.0 Å². The van der Waals surface area contributed by atoms with Crippen LogP contribution in [-0.2, 0) is 11.3 Å². The monoisotopic (exact) mass is 424 g/mol. The summed E-state index contributed by atoms with van der Waals surface area (Å²) < 4.78 is 0. The molecular weight excluding hydrogens is 400 g/mol. The maximum absolute atomic E-state index is 12.3. The Labute approximate surface area is 178 Å². The van der Waals surface area contributed by atoms with E-state index < -0.39 is 17.9 Å². The van der Waals surface area contributed by atoms with Gasteiger partial charge in [0.25, 0.3) is 5.91 Å². The number of carboxylic acids is 1. The lowest BCUT2D eigenvalue weighted by atomic mass is 10.1.